The fourth-order valence-electron chi connectivity index (χ4n) is 3.26. The molecule has 5 heteroatoms. The van der Waals surface area contributed by atoms with Crippen molar-refractivity contribution in [2.45, 2.75) is 32.7 Å². The lowest BCUT2D eigenvalue weighted by molar-refractivity contribution is 0.249. The molecule has 1 fully saturated rings. The monoisotopic (exact) mass is 339 g/mol. The summed E-state index contributed by atoms with van der Waals surface area (Å²) < 4.78 is 0. The van der Waals surface area contributed by atoms with Gasteiger partial charge < -0.3 is 20.6 Å². The van der Waals surface area contributed by atoms with E-state index in [1.165, 1.54) is 18.5 Å². The smallest absolute Gasteiger partial charge is 0.319 e. The molecule has 1 atom stereocenters. The van der Waals surface area contributed by atoms with E-state index in [9.17, 15) is 9.90 Å². The number of hydrogen-bond donors (Lipinski definition) is 3. The van der Waals surface area contributed by atoms with E-state index in [1.807, 2.05) is 26.0 Å². The van der Waals surface area contributed by atoms with E-state index in [2.05, 4.69) is 21.6 Å². The highest BCUT2D eigenvalue weighted by Crippen LogP contribution is 2.29. The van der Waals surface area contributed by atoms with Crippen LogP contribution in [0, 0.1) is 6.92 Å². The van der Waals surface area contributed by atoms with E-state index in [1.54, 1.807) is 24.3 Å². The zero-order valence-electron chi connectivity index (χ0n) is 14.7. The molecule has 132 valence electrons. The number of rotatable bonds is 4. The van der Waals surface area contributed by atoms with E-state index in [-0.39, 0.29) is 17.8 Å². The van der Waals surface area contributed by atoms with Gasteiger partial charge in [-0.3, -0.25) is 0 Å². The van der Waals surface area contributed by atoms with Crippen LogP contribution in [0.4, 0.5) is 16.2 Å². The van der Waals surface area contributed by atoms with Gasteiger partial charge in [-0.2, -0.15) is 0 Å². The summed E-state index contributed by atoms with van der Waals surface area (Å²) >= 11 is 0. The number of benzene rings is 2. The van der Waals surface area contributed by atoms with Crippen molar-refractivity contribution in [3.8, 4) is 5.75 Å². The molecule has 25 heavy (non-hydrogen) atoms. The van der Waals surface area contributed by atoms with Gasteiger partial charge in [0.25, 0.3) is 0 Å². The number of nitrogens with one attached hydrogen (secondary N) is 2. The first-order valence-electron chi connectivity index (χ1n) is 8.75. The number of nitrogens with zero attached hydrogens (tertiary/aromatic N) is 1. The molecule has 1 saturated heterocycles. The van der Waals surface area contributed by atoms with Gasteiger partial charge in [-0.1, -0.05) is 18.2 Å². The van der Waals surface area contributed by atoms with Crippen molar-refractivity contribution in [2.24, 2.45) is 0 Å². The zero-order chi connectivity index (χ0) is 17.8. The maximum absolute atomic E-state index is 12.4. The molecule has 0 unspecified atom stereocenters. The van der Waals surface area contributed by atoms with Crippen LogP contribution in [0.25, 0.3) is 0 Å². The molecule has 2 aromatic carbocycles. The summed E-state index contributed by atoms with van der Waals surface area (Å²) in [4.78, 5) is 14.7. The second kappa shape index (κ2) is 7.47. The normalized spacial score (nSPS) is 15.0. The van der Waals surface area contributed by atoms with Crippen molar-refractivity contribution in [1.29, 1.82) is 0 Å². The Kier molecular flexibility index (Phi) is 5.12. The van der Waals surface area contributed by atoms with E-state index < -0.39 is 0 Å². The summed E-state index contributed by atoms with van der Waals surface area (Å²) in [6.07, 6.45) is 2.45. The largest absolute Gasteiger partial charge is 0.508 e. The summed E-state index contributed by atoms with van der Waals surface area (Å²) in [5.41, 5.74) is 4.06. The van der Waals surface area contributed by atoms with Crippen molar-refractivity contribution in [3.05, 3.63) is 53.6 Å². The van der Waals surface area contributed by atoms with Crippen LogP contribution < -0.4 is 15.5 Å². The Labute approximate surface area is 148 Å². The molecule has 0 aromatic heterocycles. The topological polar surface area (TPSA) is 64.6 Å². The predicted molar refractivity (Wildman–Crippen MR) is 101 cm³/mol. The second-order valence-corrected chi connectivity index (χ2v) is 6.56. The van der Waals surface area contributed by atoms with E-state index in [0.717, 1.165) is 29.9 Å². The van der Waals surface area contributed by atoms with Crippen LogP contribution in [-0.2, 0) is 0 Å². The van der Waals surface area contributed by atoms with Crippen LogP contribution in [0.2, 0.25) is 0 Å². The molecule has 0 bridgehead atoms. The van der Waals surface area contributed by atoms with Crippen molar-refractivity contribution in [1.82, 2.24) is 5.32 Å². The Morgan fingerprint density at radius 2 is 1.80 bits per heavy atom. The predicted octanol–water partition coefficient (Wildman–Crippen LogP) is 4.18. The first kappa shape index (κ1) is 17.1. The van der Waals surface area contributed by atoms with Crippen LogP contribution in [0.15, 0.2) is 42.5 Å². The number of phenols is 1. The molecule has 3 rings (SSSR count). The van der Waals surface area contributed by atoms with Crippen molar-refractivity contribution in [2.75, 3.05) is 23.3 Å². The average molecular weight is 339 g/mol. The van der Waals surface area contributed by atoms with Gasteiger partial charge in [-0.25, -0.2) is 4.79 Å². The summed E-state index contributed by atoms with van der Waals surface area (Å²) in [6.45, 7) is 6.12. The Hall–Kier alpha value is -2.69. The minimum Gasteiger partial charge on any atom is -0.508 e. The fourth-order valence-corrected chi connectivity index (χ4v) is 3.26. The molecule has 0 radical (unpaired) electrons. The molecular weight excluding hydrogens is 314 g/mol. The number of anilines is 2. The highest BCUT2D eigenvalue weighted by atomic mass is 16.3. The van der Waals surface area contributed by atoms with Gasteiger partial charge in [-0.05, 0) is 62.1 Å². The second-order valence-electron chi connectivity index (χ2n) is 6.56. The van der Waals surface area contributed by atoms with Gasteiger partial charge in [0.15, 0.2) is 0 Å². The molecule has 2 aromatic rings. The summed E-state index contributed by atoms with van der Waals surface area (Å²) in [5.74, 6) is 0.217. The Balaban J connectivity index is 1.66. The summed E-state index contributed by atoms with van der Waals surface area (Å²) in [5, 5.41) is 15.3. The number of hydrogen-bond acceptors (Lipinski definition) is 3. The number of amides is 2. The summed E-state index contributed by atoms with van der Waals surface area (Å²) in [6, 6.07) is 12.5. The fraction of sp³-hybridized carbons (Fsp3) is 0.350. The van der Waals surface area contributed by atoms with Gasteiger partial charge in [-0.15, -0.1) is 0 Å². The highest BCUT2D eigenvalue weighted by Gasteiger charge is 2.17. The molecular formula is C20H25N3O2. The third kappa shape index (κ3) is 4.05. The lowest BCUT2D eigenvalue weighted by Crippen LogP contribution is -2.31. The minimum atomic E-state index is -0.234. The zero-order valence-corrected chi connectivity index (χ0v) is 14.7. The van der Waals surface area contributed by atoms with Gasteiger partial charge >= 0.3 is 6.03 Å². The van der Waals surface area contributed by atoms with Crippen LogP contribution in [0.5, 0.6) is 5.75 Å². The maximum Gasteiger partial charge on any atom is 0.319 e. The third-order valence-electron chi connectivity index (χ3n) is 4.74. The number of carbonyl (C=O) groups is 1. The lowest BCUT2D eigenvalue weighted by Gasteiger charge is -2.22. The Bertz CT molecular complexity index is 737. The van der Waals surface area contributed by atoms with E-state index >= 15 is 0 Å². The molecule has 2 amide bonds. The molecule has 3 N–H and O–H groups in total. The van der Waals surface area contributed by atoms with Crippen LogP contribution in [0.1, 0.15) is 36.9 Å². The minimum absolute atomic E-state index is 0.150. The molecule has 1 aliphatic heterocycles. The van der Waals surface area contributed by atoms with Gasteiger partial charge in [0, 0.05) is 24.5 Å². The number of phenolic OH excluding ortho intramolecular Hbond substituents is 1. The first-order chi connectivity index (χ1) is 12.0. The molecule has 5 nitrogen and oxygen atoms in total. The van der Waals surface area contributed by atoms with Crippen LogP contribution in [0.3, 0.4) is 0 Å². The number of aromatic hydroxyl groups is 1. The SMILES string of the molecule is Cc1c(NC(=O)N[C@H](C)c2ccc(O)cc2)cccc1N1CCCC1. The van der Waals surface area contributed by atoms with Crippen molar-refractivity contribution < 1.29 is 9.90 Å². The molecule has 0 saturated carbocycles. The third-order valence-corrected chi connectivity index (χ3v) is 4.74. The van der Waals surface area contributed by atoms with Gasteiger partial charge in [0.2, 0.25) is 0 Å². The quantitative estimate of drug-likeness (QED) is 0.783. The van der Waals surface area contributed by atoms with Crippen LogP contribution >= 0.6 is 0 Å². The first-order valence-corrected chi connectivity index (χ1v) is 8.75. The molecule has 0 spiro atoms. The average Bonchev–Trinajstić information content (AvgIpc) is 3.11. The lowest BCUT2D eigenvalue weighted by atomic mass is 10.1. The van der Waals surface area contributed by atoms with E-state index in [4.69, 9.17) is 0 Å². The highest BCUT2D eigenvalue weighted by molar-refractivity contribution is 5.91. The molecule has 1 heterocycles. The van der Waals surface area contributed by atoms with Crippen LogP contribution in [-0.4, -0.2) is 24.2 Å². The Morgan fingerprint density at radius 1 is 1.12 bits per heavy atom. The Morgan fingerprint density at radius 3 is 2.48 bits per heavy atom. The summed E-state index contributed by atoms with van der Waals surface area (Å²) in [7, 11) is 0. The standard InChI is InChI=1S/C20H25N3O2/c1-14-18(6-5-7-19(14)23-12-3-4-13-23)22-20(25)21-15(2)16-8-10-17(24)11-9-16/h5-11,15,24H,3-4,12-13H2,1-2H3,(H2,21,22,25)/t15-/m1/s1. The van der Waals surface area contributed by atoms with E-state index in [0.29, 0.717) is 0 Å². The maximum atomic E-state index is 12.4. The van der Waals surface area contributed by atoms with Gasteiger partial charge in [0.05, 0.1) is 6.04 Å². The van der Waals surface area contributed by atoms with Crippen molar-refractivity contribution in [3.63, 3.8) is 0 Å². The molecule has 0 aliphatic carbocycles. The van der Waals surface area contributed by atoms with Crippen molar-refractivity contribution >= 4 is 17.4 Å². The molecule has 1 aliphatic rings. The van der Waals surface area contributed by atoms with Gasteiger partial charge in [0.1, 0.15) is 5.75 Å². The number of carbonyl (C=O) groups excluding carboxylic acids is 1. The number of urea groups is 1.